The van der Waals surface area contributed by atoms with Crippen molar-refractivity contribution in [2.45, 2.75) is 0 Å². The van der Waals surface area contributed by atoms with Gasteiger partial charge in [0.1, 0.15) is 0 Å². The van der Waals surface area contributed by atoms with E-state index >= 15 is 0 Å². The molecule has 1 heterocycles. The van der Waals surface area contributed by atoms with Crippen molar-refractivity contribution in [3.63, 3.8) is 0 Å². The van der Waals surface area contributed by atoms with Crippen molar-refractivity contribution >= 4 is 96.1 Å². The summed E-state index contributed by atoms with van der Waals surface area (Å²) in [4.78, 5) is 0. The third kappa shape index (κ3) is 5.24. The lowest BCUT2D eigenvalue weighted by Gasteiger charge is -2.19. The molecule has 0 atom stereocenters. The first-order valence-corrected chi connectivity index (χ1v) is 21.9. The second-order valence-corrected chi connectivity index (χ2v) is 17.4. The Bertz CT molecular complexity index is 3830. The summed E-state index contributed by atoms with van der Waals surface area (Å²) in [5.41, 5.74) is 9.98. The second-order valence-electron chi connectivity index (χ2n) is 16.3. The maximum atomic E-state index is 2.40. The van der Waals surface area contributed by atoms with Crippen molar-refractivity contribution in [2.75, 3.05) is 0 Å². The van der Waals surface area contributed by atoms with Crippen LogP contribution in [-0.4, -0.2) is 0 Å². The highest BCUT2D eigenvalue weighted by Gasteiger charge is 2.20. The van der Waals surface area contributed by atoms with Crippen molar-refractivity contribution in [1.82, 2.24) is 0 Å². The lowest BCUT2D eigenvalue weighted by molar-refractivity contribution is 1.59. The molecule has 0 saturated heterocycles. The van der Waals surface area contributed by atoms with E-state index in [1.807, 2.05) is 11.3 Å². The quantitative estimate of drug-likeness (QED) is 0.123. The molecule has 0 nitrogen and oxygen atoms in total. The third-order valence-electron chi connectivity index (χ3n) is 13.0. The van der Waals surface area contributed by atoms with Crippen LogP contribution in [0.5, 0.6) is 0 Å². The summed E-state index contributed by atoms with van der Waals surface area (Å²) < 4.78 is 2.65. The van der Waals surface area contributed by atoms with E-state index in [1.54, 1.807) is 0 Å². The maximum absolute atomic E-state index is 2.40. The van der Waals surface area contributed by atoms with Crippen molar-refractivity contribution in [3.8, 4) is 44.5 Å². The predicted octanol–water partition coefficient (Wildman–Crippen LogP) is 17.6. The third-order valence-corrected chi connectivity index (χ3v) is 14.1. The number of hydrogen-bond donors (Lipinski definition) is 0. The summed E-state index contributed by atoms with van der Waals surface area (Å²) in [5, 5.41) is 18.1. The molecule has 0 N–H and O–H groups in total. The van der Waals surface area contributed by atoms with Crippen molar-refractivity contribution in [2.24, 2.45) is 0 Å². The minimum absolute atomic E-state index is 1.21. The molecular formula is C60H36S. The van der Waals surface area contributed by atoms with Gasteiger partial charge < -0.3 is 0 Å². The number of rotatable bonds is 4. The fraction of sp³-hybridized carbons (Fsp3) is 0. The summed E-state index contributed by atoms with van der Waals surface area (Å²) in [5.74, 6) is 0. The molecule has 0 amide bonds. The molecule has 1 aromatic heterocycles. The minimum Gasteiger partial charge on any atom is -0.135 e. The molecule has 0 radical (unpaired) electrons. The Morgan fingerprint density at radius 3 is 1.30 bits per heavy atom. The van der Waals surface area contributed by atoms with Crippen LogP contribution in [0.15, 0.2) is 218 Å². The van der Waals surface area contributed by atoms with Gasteiger partial charge >= 0.3 is 0 Å². The zero-order valence-electron chi connectivity index (χ0n) is 33.2. The molecule has 0 aliphatic heterocycles. The van der Waals surface area contributed by atoms with Gasteiger partial charge in [-0.15, -0.1) is 11.3 Å². The van der Waals surface area contributed by atoms with Crippen LogP contribution in [0.25, 0.3) is 129 Å². The van der Waals surface area contributed by atoms with E-state index in [1.165, 1.54) is 129 Å². The lowest BCUT2D eigenvalue weighted by Crippen LogP contribution is -1.91. The topological polar surface area (TPSA) is 0 Å². The molecule has 12 aromatic carbocycles. The van der Waals surface area contributed by atoms with E-state index in [2.05, 4.69) is 218 Å². The van der Waals surface area contributed by atoms with Gasteiger partial charge in [0.05, 0.1) is 0 Å². The van der Waals surface area contributed by atoms with Gasteiger partial charge in [-0.1, -0.05) is 194 Å². The first-order valence-electron chi connectivity index (χ1n) is 21.1. The number of hydrogen-bond acceptors (Lipinski definition) is 1. The molecule has 61 heavy (non-hydrogen) atoms. The van der Waals surface area contributed by atoms with Crippen LogP contribution in [0, 0.1) is 0 Å². The van der Waals surface area contributed by atoms with Crippen LogP contribution in [0.1, 0.15) is 0 Å². The van der Waals surface area contributed by atoms with Crippen LogP contribution < -0.4 is 0 Å². The van der Waals surface area contributed by atoms with E-state index in [4.69, 9.17) is 0 Å². The summed E-state index contributed by atoms with van der Waals surface area (Å²) in [6, 6.07) is 81.2. The van der Waals surface area contributed by atoms with Crippen LogP contribution >= 0.6 is 11.3 Å². The first kappa shape index (κ1) is 34.3. The lowest BCUT2D eigenvalue weighted by atomic mass is 9.84. The molecule has 0 bridgehead atoms. The van der Waals surface area contributed by atoms with Gasteiger partial charge in [0.25, 0.3) is 0 Å². The van der Waals surface area contributed by atoms with Crippen LogP contribution in [0.2, 0.25) is 0 Å². The molecule has 0 spiro atoms. The summed E-state index contributed by atoms with van der Waals surface area (Å²) in [7, 11) is 0. The van der Waals surface area contributed by atoms with Crippen molar-refractivity contribution in [1.29, 1.82) is 0 Å². The normalized spacial score (nSPS) is 11.9. The van der Waals surface area contributed by atoms with Gasteiger partial charge in [-0.25, -0.2) is 0 Å². The van der Waals surface area contributed by atoms with Crippen LogP contribution in [0.4, 0.5) is 0 Å². The molecule has 0 aliphatic carbocycles. The molecule has 282 valence electrons. The van der Waals surface area contributed by atoms with Gasteiger partial charge in [0, 0.05) is 20.2 Å². The van der Waals surface area contributed by atoms with Gasteiger partial charge in [-0.3, -0.25) is 0 Å². The fourth-order valence-corrected chi connectivity index (χ4v) is 11.5. The number of benzene rings is 12. The molecule has 0 unspecified atom stereocenters. The molecule has 1 heteroatoms. The molecule has 0 saturated carbocycles. The second kappa shape index (κ2) is 13.5. The molecular weight excluding hydrogens is 753 g/mol. The minimum atomic E-state index is 1.21. The largest absolute Gasteiger partial charge is 0.135 e. The molecule has 13 rings (SSSR count). The van der Waals surface area contributed by atoms with E-state index < -0.39 is 0 Å². The van der Waals surface area contributed by atoms with E-state index in [9.17, 15) is 0 Å². The van der Waals surface area contributed by atoms with Crippen molar-refractivity contribution < 1.29 is 0 Å². The van der Waals surface area contributed by atoms with Crippen LogP contribution in [0.3, 0.4) is 0 Å². The molecule has 0 aliphatic rings. The van der Waals surface area contributed by atoms with E-state index in [0.29, 0.717) is 0 Å². The highest BCUT2D eigenvalue weighted by atomic mass is 32.1. The van der Waals surface area contributed by atoms with E-state index in [0.717, 1.165) is 0 Å². The Labute approximate surface area is 357 Å². The van der Waals surface area contributed by atoms with Gasteiger partial charge in [-0.05, 0) is 133 Å². The molecule has 13 aromatic rings. The summed E-state index contributed by atoms with van der Waals surface area (Å²) >= 11 is 1.90. The Hall–Kier alpha value is -7.58. The Kier molecular flexibility index (Phi) is 7.58. The van der Waals surface area contributed by atoms with Crippen LogP contribution in [-0.2, 0) is 0 Å². The predicted molar refractivity (Wildman–Crippen MR) is 266 cm³/mol. The average Bonchev–Trinajstić information content (AvgIpc) is 3.70. The van der Waals surface area contributed by atoms with Gasteiger partial charge in [0.15, 0.2) is 0 Å². The highest BCUT2D eigenvalue weighted by molar-refractivity contribution is 7.26. The standard InChI is InChI=1S/C60H36S/c1-2-15-40-36-57-55(34-39(40)14-1)60-53(26-13-27-56(60)61-57)59-51-24-11-9-22-49(51)58(50-23-10-12-25-52(50)59)38-30-28-37(29-31-38)42-16-3-4-17-43(42)41-32-33-48-46-20-6-5-18-44(46)45-19-7-8-21-47(45)54(48)35-41/h1-36H. The van der Waals surface area contributed by atoms with Crippen molar-refractivity contribution in [3.05, 3.63) is 218 Å². The average molecular weight is 789 g/mol. The summed E-state index contributed by atoms with van der Waals surface area (Å²) in [6.07, 6.45) is 0. The van der Waals surface area contributed by atoms with Gasteiger partial charge in [0.2, 0.25) is 0 Å². The zero-order valence-corrected chi connectivity index (χ0v) is 34.0. The van der Waals surface area contributed by atoms with Gasteiger partial charge in [-0.2, -0.15) is 0 Å². The SMILES string of the molecule is c1ccc(-c2ccc3c4ccccc4c4ccccc4c3c2)c(-c2ccc(-c3c4ccccc4c(-c4cccc5sc6cc7ccccc7cc6c45)c4ccccc34)cc2)c1. The smallest absolute Gasteiger partial charge is 0.0362 e. The molecule has 0 fully saturated rings. The van der Waals surface area contributed by atoms with E-state index in [-0.39, 0.29) is 0 Å². The fourth-order valence-electron chi connectivity index (χ4n) is 10.3. The first-order chi connectivity index (χ1) is 30.3. The Morgan fingerprint density at radius 1 is 0.230 bits per heavy atom. The maximum Gasteiger partial charge on any atom is 0.0362 e. The Balaban J connectivity index is 0.970. The number of thiophene rings is 1. The monoisotopic (exact) mass is 788 g/mol. The Morgan fingerprint density at radius 2 is 0.672 bits per heavy atom. The number of fused-ring (bicyclic) bond motifs is 12. The summed E-state index contributed by atoms with van der Waals surface area (Å²) in [6.45, 7) is 0. The zero-order chi connectivity index (χ0) is 40.0. The highest BCUT2D eigenvalue weighted by Crippen LogP contribution is 2.49.